The average molecular weight is 319 g/mol. The molecule has 0 bridgehead atoms. The number of nitrogens with one attached hydrogen (secondary N) is 1. The van der Waals surface area contributed by atoms with Crippen molar-refractivity contribution in [2.45, 2.75) is 0 Å². The third kappa shape index (κ3) is 9.13. The monoisotopic (exact) mass is 319 g/mol. The van der Waals surface area contributed by atoms with Crippen molar-refractivity contribution in [1.29, 1.82) is 5.41 Å². The van der Waals surface area contributed by atoms with Crippen molar-refractivity contribution < 1.29 is 27.4 Å². The van der Waals surface area contributed by atoms with E-state index in [9.17, 15) is 8.42 Å². The maximum absolute atomic E-state index is 10.1. The molecule has 0 spiro atoms. The zero-order chi connectivity index (χ0) is 16.6. The summed E-state index contributed by atoms with van der Waals surface area (Å²) >= 11 is 0. The highest BCUT2D eigenvalue weighted by Crippen LogP contribution is 2.25. The minimum Gasteiger partial charge on any atom is -0.504 e. The van der Waals surface area contributed by atoms with Gasteiger partial charge in [0, 0.05) is 14.1 Å². The van der Waals surface area contributed by atoms with Crippen LogP contribution in [-0.2, 0) is 14.6 Å². The largest absolute Gasteiger partial charge is 0.504 e. The second-order valence-electron chi connectivity index (χ2n) is 3.85. The van der Waals surface area contributed by atoms with Gasteiger partial charge in [-0.05, 0) is 23.8 Å². The molecule has 118 valence electrons. The van der Waals surface area contributed by atoms with E-state index in [0.29, 0.717) is 5.56 Å². The lowest BCUT2D eigenvalue weighted by Gasteiger charge is -2.05. The Hall–Kier alpha value is -2.46. The summed E-state index contributed by atoms with van der Waals surface area (Å²) in [5, 5.41) is 24.7. The quantitative estimate of drug-likeness (QED) is 0.175. The molecule has 0 unspecified atom stereocenters. The summed E-state index contributed by atoms with van der Waals surface area (Å²) in [4.78, 5) is 1.53. The van der Waals surface area contributed by atoms with Crippen LogP contribution >= 0.6 is 0 Å². The number of guanidine groups is 1. The van der Waals surface area contributed by atoms with Gasteiger partial charge in [0.05, 0.1) is 0 Å². The van der Waals surface area contributed by atoms with E-state index in [2.05, 4.69) is 4.18 Å². The Morgan fingerprint density at radius 1 is 1.33 bits per heavy atom. The third-order valence-electron chi connectivity index (χ3n) is 1.92. The molecular weight excluding hydrogens is 302 g/mol. The van der Waals surface area contributed by atoms with Gasteiger partial charge >= 0.3 is 10.4 Å². The van der Waals surface area contributed by atoms with Crippen LogP contribution in [0.3, 0.4) is 0 Å². The van der Waals surface area contributed by atoms with Gasteiger partial charge in [0.2, 0.25) is 0 Å². The van der Waals surface area contributed by atoms with Crippen LogP contribution < -0.4 is 5.73 Å². The minimum atomic E-state index is -4.51. The first-order valence-corrected chi connectivity index (χ1v) is 6.75. The molecule has 6 N–H and O–H groups in total. The summed E-state index contributed by atoms with van der Waals surface area (Å²) in [5.74, 6) is -0.540. The van der Waals surface area contributed by atoms with Gasteiger partial charge in [-0.15, -0.1) is 0 Å². The number of aromatic hydroxyl groups is 2. The van der Waals surface area contributed by atoms with Crippen molar-refractivity contribution in [1.82, 2.24) is 4.90 Å². The highest BCUT2D eigenvalue weighted by Gasteiger charge is 2.00. The molecular formula is C11H17N3O6S. The van der Waals surface area contributed by atoms with E-state index < -0.39 is 10.4 Å². The first kappa shape index (κ1) is 18.5. The lowest BCUT2D eigenvalue weighted by Crippen LogP contribution is -2.28. The SMILES string of the molecule is CN(C)C(=N)N.O=S(=O)(O)O/C=C\c1ccc(O)c(O)c1. The van der Waals surface area contributed by atoms with Crippen LogP contribution in [-0.4, -0.2) is 48.1 Å². The van der Waals surface area contributed by atoms with Crippen molar-refractivity contribution in [3.05, 3.63) is 30.0 Å². The molecule has 0 aliphatic heterocycles. The summed E-state index contributed by atoms with van der Waals surface area (Å²) < 4.78 is 32.4. The molecule has 10 heteroatoms. The molecule has 1 rings (SSSR count). The molecule has 0 saturated carbocycles. The summed E-state index contributed by atoms with van der Waals surface area (Å²) in [6, 6.07) is 3.83. The number of hydrogen-bond donors (Lipinski definition) is 5. The summed E-state index contributed by atoms with van der Waals surface area (Å²) in [6.07, 6.45) is 1.92. The highest BCUT2D eigenvalue weighted by molar-refractivity contribution is 7.81. The van der Waals surface area contributed by atoms with Gasteiger partial charge in [0.1, 0.15) is 6.26 Å². The molecule has 0 aromatic heterocycles. The van der Waals surface area contributed by atoms with Crippen molar-refractivity contribution in [3.63, 3.8) is 0 Å². The van der Waals surface area contributed by atoms with Gasteiger partial charge in [-0.3, -0.25) is 9.96 Å². The molecule has 21 heavy (non-hydrogen) atoms. The smallest absolute Gasteiger partial charge is 0.445 e. The van der Waals surface area contributed by atoms with Gasteiger partial charge in [-0.2, -0.15) is 8.42 Å². The Balaban J connectivity index is 0.000000567. The average Bonchev–Trinajstić information content (AvgIpc) is 2.33. The van der Waals surface area contributed by atoms with Gasteiger partial charge < -0.3 is 25.0 Å². The van der Waals surface area contributed by atoms with Crippen molar-refractivity contribution >= 4 is 22.4 Å². The fraction of sp³-hybridized carbons (Fsp3) is 0.182. The van der Waals surface area contributed by atoms with Gasteiger partial charge in [-0.1, -0.05) is 6.07 Å². The molecule has 1 aromatic rings. The summed E-state index contributed by atoms with van der Waals surface area (Å²) in [5.41, 5.74) is 5.34. The summed E-state index contributed by atoms with van der Waals surface area (Å²) in [7, 11) is -1.06. The van der Waals surface area contributed by atoms with Crippen LogP contribution in [0, 0.1) is 5.41 Å². The zero-order valence-electron chi connectivity index (χ0n) is 11.4. The van der Waals surface area contributed by atoms with E-state index in [1.165, 1.54) is 29.2 Å². The van der Waals surface area contributed by atoms with Gasteiger partial charge in [0.15, 0.2) is 17.5 Å². The maximum atomic E-state index is 10.1. The Labute approximate surface area is 122 Å². The second kappa shape index (κ2) is 7.97. The molecule has 0 radical (unpaired) electrons. The second-order valence-corrected chi connectivity index (χ2v) is 4.90. The number of hydrogen-bond acceptors (Lipinski definition) is 6. The topological polar surface area (TPSA) is 157 Å². The number of phenols is 2. The van der Waals surface area contributed by atoms with E-state index in [-0.39, 0.29) is 17.5 Å². The summed E-state index contributed by atoms with van der Waals surface area (Å²) in [6.45, 7) is 0. The van der Waals surface area contributed by atoms with Crippen LogP contribution in [0.15, 0.2) is 24.5 Å². The van der Waals surface area contributed by atoms with E-state index in [1.54, 1.807) is 14.1 Å². The first-order chi connectivity index (χ1) is 9.53. The fourth-order valence-corrected chi connectivity index (χ4v) is 1.02. The zero-order valence-corrected chi connectivity index (χ0v) is 12.2. The minimum absolute atomic E-state index is 0.0926. The normalized spacial score (nSPS) is 10.6. The predicted octanol–water partition coefficient (Wildman–Crippen LogP) is 0.329. The first-order valence-electron chi connectivity index (χ1n) is 5.38. The van der Waals surface area contributed by atoms with E-state index >= 15 is 0 Å². The van der Waals surface area contributed by atoms with Crippen molar-refractivity contribution in [2.75, 3.05) is 14.1 Å². The lowest BCUT2D eigenvalue weighted by molar-refractivity contribution is 0.357. The molecule has 1 aromatic carbocycles. The maximum Gasteiger partial charge on any atom is 0.445 e. The Morgan fingerprint density at radius 2 is 1.86 bits per heavy atom. The van der Waals surface area contributed by atoms with Gasteiger partial charge in [-0.25, -0.2) is 0 Å². The Morgan fingerprint density at radius 3 is 2.24 bits per heavy atom. The Bertz CT molecular complexity index is 612. The molecule has 0 saturated heterocycles. The van der Waals surface area contributed by atoms with Crippen molar-refractivity contribution in [2.24, 2.45) is 5.73 Å². The van der Waals surface area contributed by atoms with Crippen LogP contribution in [0.1, 0.15) is 5.56 Å². The van der Waals surface area contributed by atoms with Crippen LogP contribution in [0.4, 0.5) is 0 Å². The number of phenolic OH excluding ortho intramolecular Hbond substituents is 2. The molecule has 0 aliphatic carbocycles. The fourth-order valence-electron chi connectivity index (χ4n) is 0.821. The van der Waals surface area contributed by atoms with Crippen molar-refractivity contribution in [3.8, 4) is 11.5 Å². The standard InChI is InChI=1S/C8H8O6S.C3H9N3/c9-7-2-1-6(5-8(7)10)3-4-14-15(11,12)13;1-6(2)3(4)5/h1-5,9-10H,(H,11,12,13);1-2H3,(H3,4,5)/b4-3-;. The lowest BCUT2D eigenvalue weighted by atomic mass is 10.2. The molecule has 0 fully saturated rings. The highest BCUT2D eigenvalue weighted by atomic mass is 32.3. The molecule has 0 aliphatic rings. The predicted molar refractivity (Wildman–Crippen MR) is 77.0 cm³/mol. The van der Waals surface area contributed by atoms with E-state index in [0.717, 1.165) is 6.26 Å². The number of nitrogens with zero attached hydrogens (tertiary/aromatic N) is 1. The van der Waals surface area contributed by atoms with Crippen LogP contribution in [0.5, 0.6) is 11.5 Å². The molecule has 0 atom stereocenters. The molecule has 0 heterocycles. The van der Waals surface area contributed by atoms with Gasteiger partial charge in [0.25, 0.3) is 0 Å². The number of rotatable bonds is 3. The van der Waals surface area contributed by atoms with E-state index in [4.69, 9.17) is 25.9 Å². The Kier molecular flexibility index (Phi) is 7.03. The van der Waals surface area contributed by atoms with Crippen LogP contribution in [0.2, 0.25) is 0 Å². The molecule has 0 amide bonds. The van der Waals surface area contributed by atoms with E-state index in [1.807, 2.05) is 0 Å². The van der Waals surface area contributed by atoms with Crippen LogP contribution in [0.25, 0.3) is 6.08 Å². The number of benzene rings is 1. The number of nitrogens with two attached hydrogens (primary N) is 1. The third-order valence-corrected chi connectivity index (χ3v) is 2.27. The molecule has 9 nitrogen and oxygen atoms in total.